The van der Waals surface area contributed by atoms with Crippen molar-refractivity contribution in [2.75, 3.05) is 6.54 Å². The van der Waals surface area contributed by atoms with Gasteiger partial charge in [0.2, 0.25) is 5.91 Å². The Morgan fingerprint density at radius 1 is 1.36 bits per heavy atom. The zero-order valence-electron chi connectivity index (χ0n) is 9.85. The molecule has 0 aromatic carbocycles. The first-order valence-corrected chi connectivity index (χ1v) is 5.24. The van der Waals surface area contributed by atoms with Gasteiger partial charge in [-0.2, -0.15) is 0 Å². The molecule has 0 saturated heterocycles. The van der Waals surface area contributed by atoms with Crippen LogP contribution in [0.25, 0.3) is 0 Å². The number of hydrogen-bond donors (Lipinski definition) is 2. The Balaban J connectivity index is 2.39. The average molecular weight is 198 g/mol. The number of amides is 1. The maximum Gasteiger partial charge on any atom is 0.234 e. The molecule has 1 aliphatic carbocycles. The molecule has 0 heterocycles. The van der Waals surface area contributed by atoms with Crippen molar-refractivity contribution < 1.29 is 4.79 Å². The zero-order valence-corrected chi connectivity index (χ0v) is 9.85. The van der Waals surface area contributed by atoms with E-state index in [1.54, 1.807) is 0 Å². The molecule has 1 rings (SSSR count). The summed E-state index contributed by atoms with van der Waals surface area (Å²) in [5, 5.41) is 3.18. The lowest BCUT2D eigenvalue weighted by Gasteiger charge is -2.10. The minimum Gasteiger partial charge on any atom is -0.368 e. The third kappa shape index (κ3) is 1.65. The molecule has 0 radical (unpaired) electrons. The van der Waals surface area contributed by atoms with Crippen molar-refractivity contribution in [2.24, 2.45) is 22.5 Å². The Hall–Kier alpha value is -0.570. The van der Waals surface area contributed by atoms with Gasteiger partial charge in [0.15, 0.2) is 0 Å². The van der Waals surface area contributed by atoms with Gasteiger partial charge >= 0.3 is 0 Å². The maximum absolute atomic E-state index is 10.8. The van der Waals surface area contributed by atoms with Crippen molar-refractivity contribution >= 4 is 5.91 Å². The van der Waals surface area contributed by atoms with Gasteiger partial charge in [-0.3, -0.25) is 4.79 Å². The average Bonchev–Trinajstić information content (AvgIpc) is 2.39. The van der Waals surface area contributed by atoms with E-state index in [2.05, 4.69) is 33.0 Å². The highest BCUT2D eigenvalue weighted by molar-refractivity contribution is 5.79. The molecule has 1 saturated carbocycles. The van der Waals surface area contributed by atoms with E-state index in [-0.39, 0.29) is 11.9 Å². The van der Waals surface area contributed by atoms with Gasteiger partial charge in [0, 0.05) is 0 Å². The van der Waals surface area contributed by atoms with E-state index in [4.69, 9.17) is 5.73 Å². The number of carbonyl (C=O) groups is 1. The van der Waals surface area contributed by atoms with E-state index >= 15 is 0 Å². The van der Waals surface area contributed by atoms with Gasteiger partial charge in [0.1, 0.15) is 0 Å². The summed E-state index contributed by atoms with van der Waals surface area (Å²) >= 11 is 0. The summed E-state index contributed by atoms with van der Waals surface area (Å²) < 4.78 is 0. The van der Waals surface area contributed by atoms with E-state index in [9.17, 15) is 4.79 Å². The molecule has 0 spiro atoms. The number of carbonyl (C=O) groups excluding carboxylic acids is 1. The molecule has 0 aromatic heterocycles. The lowest BCUT2D eigenvalue weighted by Crippen LogP contribution is -2.40. The summed E-state index contributed by atoms with van der Waals surface area (Å²) in [5.74, 6) is 0.359. The molecule has 1 atom stereocenters. The molecule has 3 N–H and O–H groups in total. The van der Waals surface area contributed by atoms with Crippen molar-refractivity contribution in [1.82, 2.24) is 5.32 Å². The fourth-order valence-electron chi connectivity index (χ4n) is 2.24. The molecule has 1 aliphatic rings. The second-order valence-electron chi connectivity index (χ2n) is 5.53. The summed E-state index contributed by atoms with van der Waals surface area (Å²) in [6.45, 7) is 11.8. The van der Waals surface area contributed by atoms with Crippen LogP contribution in [0.15, 0.2) is 0 Å². The fourth-order valence-corrected chi connectivity index (χ4v) is 2.24. The second kappa shape index (κ2) is 3.23. The van der Waals surface area contributed by atoms with Crippen LogP contribution in [0.4, 0.5) is 0 Å². The third-order valence-corrected chi connectivity index (χ3v) is 4.37. The van der Waals surface area contributed by atoms with E-state index in [0.29, 0.717) is 16.7 Å². The van der Waals surface area contributed by atoms with Crippen LogP contribution in [0.5, 0.6) is 0 Å². The van der Waals surface area contributed by atoms with Crippen LogP contribution < -0.4 is 11.1 Å². The van der Waals surface area contributed by atoms with Crippen LogP contribution in [0.1, 0.15) is 34.6 Å². The fraction of sp³-hybridized carbons (Fsp3) is 0.909. The lowest BCUT2D eigenvalue weighted by molar-refractivity contribution is -0.119. The molecular formula is C11H22N2O. The Bertz CT molecular complexity index is 232. The van der Waals surface area contributed by atoms with Gasteiger partial charge in [-0.05, 0) is 30.2 Å². The quantitative estimate of drug-likeness (QED) is 0.711. The van der Waals surface area contributed by atoms with Gasteiger partial charge in [-0.15, -0.1) is 0 Å². The summed E-state index contributed by atoms with van der Waals surface area (Å²) in [7, 11) is 0. The van der Waals surface area contributed by atoms with E-state index in [0.717, 1.165) is 6.54 Å². The molecular weight excluding hydrogens is 176 g/mol. The first-order chi connectivity index (χ1) is 6.21. The number of rotatable bonds is 4. The minimum atomic E-state index is -0.277. The Morgan fingerprint density at radius 2 is 1.79 bits per heavy atom. The van der Waals surface area contributed by atoms with Crippen molar-refractivity contribution in [3.05, 3.63) is 0 Å². The largest absolute Gasteiger partial charge is 0.368 e. The molecule has 0 aliphatic heterocycles. The van der Waals surface area contributed by atoms with Crippen molar-refractivity contribution in [3.8, 4) is 0 Å². The molecule has 1 unspecified atom stereocenters. The Labute approximate surface area is 86.4 Å². The zero-order chi connectivity index (χ0) is 11.1. The predicted octanol–water partition coefficient (Wildman–Crippen LogP) is 1.13. The highest BCUT2D eigenvalue weighted by atomic mass is 16.1. The summed E-state index contributed by atoms with van der Waals surface area (Å²) in [5.41, 5.74) is 5.92. The molecule has 14 heavy (non-hydrogen) atoms. The van der Waals surface area contributed by atoms with Gasteiger partial charge in [0.25, 0.3) is 0 Å². The molecule has 1 fully saturated rings. The van der Waals surface area contributed by atoms with Crippen molar-refractivity contribution in [1.29, 1.82) is 0 Å². The monoisotopic (exact) mass is 198 g/mol. The van der Waals surface area contributed by atoms with E-state index in [1.807, 2.05) is 6.92 Å². The van der Waals surface area contributed by atoms with Crippen LogP contribution in [0, 0.1) is 16.7 Å². The van der Waals surface area contributed by atoms with Crippen LogP contribution in [0.3, 0.4) is 0 Å². The minimum absolute atomic E-state index is 0.220. The van der Waals surface area contributed by atoms with Crippen LogP contribution in [-0.4, -0.2) is 18.5 Å². The summed E-state index contributed by atoms with van der Waals surface area (Å²) in [4.78, 5) is 10.8. The van der Waals surface area contributed by atoms with Gasteiger partial charge in [0.05, 0.1) is 6.04 Å². The van der Waals surface area contributed by atoms with Gasteiger partial charge in [-0.25, -0.2) is 0 Å². The molecule has 3 nitrogen and oxygen atoms in total. The highest BCUT2D eigenvalue weighted by Crippen LogP contribution is 2.67. The molecule has 82 valence electrons. The molecule has 3 heteroatoms. The van der Waals surface area contributed by atoms with Crippen LogP contribution >= 0.6 is 0 Å². The van der Waals surface area contributed by atoms with Gasteiger partial charge in [-0.1, -0.05) is 27.7 Å². The SMILES string of the molecule is CC(NCC1C(C)(C)C1(C)C)C(N)=O. The molecule has 0 aromatic rings. The van der Waals surface area contributed by atoms with Gasteiger partial charge < -0.3 is 11.1 Å². The van der Waals surface area contributed by atoms with Crippen molar-refractivity contribution in [3.63, 3.8) is 0 Å². The standard InChI is InChI=1S/C11H22N2O/c1-7(9(12)14)13-6-8-10(2,3)11(8,4)5/h7-8,13H,6H2,1-5H3,(H2,12,14). The number of hydrogen-bond acceptors (Lipinski definition) is 2. The highest BCUT2D eigenvalue weighted by Gasteiger charge is 2.63. The van der Waals surface area contributed by atoms with E-state index in [1.165, 1.54) is 0 Å². The first-order valence-electron chi connectivity index (χ1n) is 5.24. The predicted molar refractivity (Wildman–Crippen MR) is 57.7 cm³/mol. The lowest BCUT2D eigenvalue weighted by atomic mass is 10.0. The Morgan fingerprint density at radius 3 is 2.07 bits per heavy atom. The van der Waals surface area contributed by atoms with E-state index < -0.39 is 0 Å². The maximum atomic E-state index is 10.8. The molecule has 1 amide bonds. The summed E-state index contributed by atoms with van der Waals surface area (Å²) in [6, 6.07) is -0.220. The smallest absolute Gasteiger partial charge is 0.234 e. The third-order valence-electron chi connectivity index (χ3n) is 4.37. The van der Waals surface area contributed by atoms with Crippen LogP contribution in [0.2, 0.25) is 0 Å². The summed E-state index contributed by atoms with van der Waals surface area (Å²) in [6.07, 6.45) is 0. The molecule has 0 bridgehead atoms. The second-order valence-corrected chi connectivity index (χ2v) is 5.53. The normalized spacial score (nSPS) is 25.8. The topological polar surface area (TPSA) is 55.1 Å². The Kier molecular flexibility index (Phi) is 2.65. The number of nitrogens with one attached hydrogen (secondary N) is 1. The first kappa shape index (κ1) is 11.5. The van der Waals surface area contributed by atoms with Crippen molar-refractivity contribution in [2.45, 2.75) is 40.7 Å². The number of primary amides is 1. The van der Waals surface area contributed by atoms with Crippen LogP contribution in [-0.2, 0) is 4.79 Å². The number of nitrogens with two attached hydrogens (primary N) is 1.